The fourth-order valence-electron chi connectivity index (χ4n) is 8.14. The van der Waals surface area contributed by atoms with Gasteiger partial charge in [-0.15, -0.1) is 0 Å². The van der Waals surface area contributed by atoms with E-state index in [-0.39, 0.29) is 16.2 Å². The van der Waals surface area contributed by atoms with Crippen molar-refractivity contribution in [3.05, 3.63) is 118 Å². The Morgan fingerprint density at radius 2 is 0.746 bits per heavy atom. The Morgan fingerprint density at radius 3 is 1.08 bits per heavy atom. The van der Waals surface area contributed by atoms with Crippen LogP contribution in [0.15, 0.2) is 84.9 Å². The van der Waals surface area contributed by atoms with Crippen molar-refractivity contribution in [3.8, 4) is 11.5 Å². The van der Waals surface area contributed by atoms with Gasteiger partial charge in [0.05, 0.1) is 0 Å². The van der Waals surface area contributed by atoms with Gasteiger partial charge < -0.3 is 10.2 Å². The molecule has 0 amide bonds. The number of phenolic OH excluding ortho intramolecular Hbond substituents is 2. The zero-order valence-corrected chi connectivity index (χ0v) is 39.5. The molecule has 0 aliphatic rings. The fourth-order valence-corrected chi connectivity index (χ4v) is 10.6. The average Bonchev–Trinajstić information content (AvgIpc) is 3.17. The Balaban J connectivity index is 0.000000330. The summed E-state index contributed by atoms with van der Waals surface area (Å²) in [6.45, 7) is 21.5. The molecule has 0 aliphatic heterocycles. The number of hydrogen-bond donors (Lipinski definition) is 5. The van der Waals surface area contributed by atoms with Crippen LogP contribution >= 0.6 is 7.28 Å². The van der Waals surface area contributed by atoms with Gasteiger partial charge in [-0.2, -0.15) is 0 Å². The number of aryl methyl sites for hydroxylation is 2. The maximum atomic E-state index is 11.5. The van der Waals surface area contributed by atoms with E-state index in [1.807, 2.05) is 36.4 Å². The molecule has 0 unspecified atom stereocenters. The van der Waals surface area contributed by atoms with E-state index in [9.17, 15) is 24.9 Å². The molecule has 328 valence electrons. The van der Waals surface area contributed by atoms with Gasteiger partial charge in [-0.1, -0.05) is 79.7 Å². The van der Waals surface area contributed by atoms with E-state index in [0.717, 1.165) is 71.9 Å². The number of aromatic hydroxyl groups is 2. The number of unbranched alkanes of at least 4 members (excludes halogenated alkanes) is 12. The van der Waals surface area contributed by atoms with Crippen molar-refractivity contribution in [2.24, 2.45) is 0 Å². The molecule has 0 bridgehead atoms. The quantitative estimate of drug-likeness (QED) is 0.0451. The van der Waals surface area contributed by atoms with Gasteiger partial charge in [0.2, 0.25) is 0 Å². The van der Waals surface area contributed by atoms with Gasteiger partial charge in [-0.05, 0) is 45.2 Å². The van der Waals surface area contributed by atoms with Crippen LogP contribution in [-0.2, 0) is 29.1 Å². The van der Waals surface area contributed by atoms with Crippen molar-refractivity contribution in [2.45, 2.75) is 188 Å². The Kier molecular flexibility index (Phi) is 18.7. The predicted molar refractivity (Wildman–Crippen MR) is 255 cm³/mol. The van der Waals surface area contributed by atoms with E-state index < -0.39 is 7.28 Å². The minimum absolute atomic E-state index is 0.123. The normalized spacial score (nSPS) is 13.1. The summed E-state index contributed by atoms with van der Waals surface area (Å²) in [6.07, 6.45) is 18.4. The monoisotopic (exact) mass is 829 g/mol. The molecular weight excluding hydrogens is 748 g/mol. The molecule has 4 rings (SSSR count). The number of hydrogen-bond acceptors (Lipinski definition) is 5. The van der Waals surface area contributed by atoms with Crippen molar-refractivity contribution < 1.29 is 24.9 Å². The van der Waals surface area contributed by atoms with Crippen LogP contribution in [0.1, 0.15) is 193 Å². The summed E-state index contributed by atoms with van der Waals surface area (Å²) >= 11 is 0. The van der Waals surface area contributed by atoms with E-state index in [1.54, 1.807) is 36.4 Å². The predicted octanol–water partition coefficient (Wildman–Crippen LogP) is 13.5. The first kappa shape index (κ1) is 50.1. The zero-order chi connectivity index (χ0) is 43.9. The molecular formula is C53H81O5P. The standard InChI is InChI=1S/C30H49O3P.C23H32O2/c1-3-5-7-9-11-13-15-21-27-23-17-19-25-29(27)34(31,32,33)30-26-20-18-24-28(30)22-16-14-12-10-8-6-4-2;1-21(2,3)17-13-15(9-11-19(17)24)23(7,8)16-10-12-20(25)18(14-16)22(4,5)6/h17-20,23-26,31-33H,3-16,21-22H2,1-2H3;9-14,24-25H,1-8H3. The molecule has 0 aromatic heterocycles. The SMILES string of the molecule is CC(C)(C)c1cc(C(C)(C)c2ccc(O)c(C(C)(C)C)c2)ccc1O.CCCCCCCCCc1ccccc1P(O)(O)(O)c1ccccc1CCCCCCCCC. The van der Waals surface area contributed by atoms with E-state index in [2.05, 4.69) is 81.4 Å². The van der Waals surface area contributed by atoms with Gasteiger partial charge in [0.25, 0.3) is 0 Å². The summed E-state index contributed by atoms with van der Waals surface area (Å²) in [5, 5.41) is 21.1. The van der Waals surface area contributed by atoms with Crippen LogP contribution in [0.25, 0.3) is 0 Å². The second kappa shape index (κ2) is 22.1. The Labute approximate surface area is 359 Å². The second-order valence-electron chi connectivity index (χ2n) is 19.6. The third kappa shape index (κ3) is 14.5. The van der Waals surface area contributed by atoms with Gasteiger partial charge in [0.15, 0.2) is 0 Å². The van der Waals surface area contributed by atoms with E-state index in [1.165, 1.54) is 64.2 Å². The molecule has 0 saturated carbocycles. The molecule has 0 heterocycles. The molecule has 0 aliphatic carbocycles. The van der Waals surface area contributed by atoms with Crippen LogP contribution in [-0.4, -0.2) is 24.9 Å². The van der Waals surface area contributed by atoms with Crippen molar-refractivity contribution in [1.29, 1.82) is 0 Å². The van der Waals surface area contributed by atoms with Crippen molar-refractivity contribution >= 4 is 17.9 Å². The summed E-state index contributed by atoms with van der Waals surface area (Å²) in [4.78, 5) is 34.6. The number of phenols is 2. The Bertz CT molecular complexity index is 1740. The average molecular weight is 829 g/mol. The van der Waals surface area contributed by atoms with Crippen LogP contribution in [0.4, 0.5) is 0 Å². The second-order valence-corrected chi connectivity index (χ2v) is 22.5. The molecule has 0 atom stereocenters. The molecule has 0 spiro atoms. The van der Waals surface area contributed by atoms with Crippen LogP contribution in [0.5, 0.6) is 11.5 Å². The Hall–Kier alpha value is -3.21. The first-order valence-corrected chi connectivity index (χ1v) is 24.8. The van der Waals surface area contributed by atoms with Gasteiger partial charge in [0, 0.05) is 5.41 Å². The van der Waals surface area contributed by atoms with Crippen LogP contribution in [0.2, 0.25) is 0 Å². The van der Waals surface area contributed by atoms with Gasteiger partial charge >= 0.3 is 209 Å². The van der Waals surface area contributed by atoms with Gasteiger partial charge in [-0.3, -0.25) is 0 Å². The summed E-state index contributed by atoms with van der Waals surface area (Å²) in [5.41, 5.74) is 5.44. The third-order valence-corrected chi connectivity index (χ3v) is 14.7. The number of benzene rings is 4. The summed E-state index contributed by atoms with van der Waals surface area (Å²) < 4.78 is 0. The topological polar surface area (TPSA) is 101 Å². The Morgan fingerprint density at radius 1 is 0.424 bits per heavy atom. The first-order chi connectivity index (χ1) is 27.6. The summed E-state index contributed by atoms with van der Waals surface area (Å²) in [7, 11) is -5.21. The number of rotatable bonds is 20. The molecule has 5 N–H and O–H groups in total. The molecule has 5 nitrogen and oxygen atoms in total. The molecule has 0 radical (unpaired) electrons. The minimum atomic E-state index is -5.21. The summed E-state index contributed by atoms with van der Waals surface area (Å²) in [6, 6.07) is 26.5. The summed E-state index contributed by atoms with van der Waals surface area (Å²) in [5.74, 6) is 0.682. The van der Waals surface area contributed by atoms with Gasteiger partial charge in [-0.25, -0.2) is 0 Å². The first-order valence-electron chi connectivity index (χ1n) is 22.7. The van der Waals surface area contributed by atoms with Crippen LogP contribution < -0.4 is 10.6 Å². The van der Waals surface area contributed by atoms with Crippen molar-refractivity contribution in [1.82, 2.24) is 0 Å². The van der Waals surface area contributed by atoms with E-state index in [0.29, 0.717) is 22.1 Å². The maximum absolute atomic E-state index is 11.5. The third-order valence-electron chi connectivity index (χ3n) is 12.0. The van der Waals surface area contributed by atoms with Crippen LogP contribution in [0, 0.1) is 0 Å². The van der Waals surface area contributed by atoms with E-state index in [4.69, 9.17) is 0 Å². The van der Waals surface area contributed by atoms with Crippen molar-refractivity contribution in [2.75, 3.05) is 0 Å². The molecule has 6 heteroatoms. The zero-order valence-electron chi connectivity index (χ0n) is 38.6. The molecule has 59 heavy (non-hydrogen) atoms. The molecule has 0 fully saturated rings. The fraction of sp³-hybridized carbons (Fsp3) is 0.547. The molecule has 0 saturated heterocycles. The van der Waals surface area contributed by atoms with E-state index >= 15 is 0 Å². The molecule has 4 aromatic rings. The molecule has 4 aromatic carbocycles. The van der Waals surface area contributed by atoms with Crippen LogP contribution in [0.3, 0.4) is 0 Å². The van der Waals surface area contributed by atoms with Crippen molar-refractivity contribution in [3.63, 3.8) is 0 Å². The van der Waals surface area contributed by atoms with Gasteiger partial charge in [0.1, 0.15) is 11.5 Å².